The first-order chi connectivity index (χ1) is 9.53. The first kappa shape index (κ1) is 17.7. The van der Waals surface area contributed by atoms with Crippen LogP contribution in [0.2, 0.25) is 0 Å². The van der Waals surface area contributed by atoms with Crippen LogP contribution in [-0.2, 0) is 16.6 Å². The molecule has 1 unspecified atom stereocenters. The summed E-state index contributed by atoms with van der Waals surface area (Å²) >= 11 is 0. The zero-order chi connectivity index (χ0) is 16.3. The lowest BCUT2D eigenvalue weighted by molar-refractivity contribution is -0.126. The molecule has 0 aliphatic carbocycles. The monoisotopic (exact) mass is 290 g/mol. The number of benzene rings is 1. The quantitative estimate of drug-likeness (QED) is 0.895. The molecule has 0 bridgehead atoms. The number of hydrogen-bond acceptors (Lipinski definition) is 2. The molecule has 0 fully saturated rings. The van der Waals surface area contributed by atoms with Gasteiger partial charge in [-0.05, 0) is 43.7 Å². The Kier molecular flexibility index (Phi) is 5.57. The van der Waals surface area contributed by atoms with Crippen LogP contribution in [0.15, 0.2) is 24.3 Å². The third-order valence-corrected chi connectivity index (χ3v) is 3.46. The minimum absolute atomic E-state index is 0.0323. The summed E-state index contributed by atoms with van der Waals surface area (Å²) in [7, 11) is 0. The van der Waals surface area contributed by atoms with E-state index >= 15 is 0 Å². The normalized spacial score (nSPS) is 13.9. The number of carbonyl (C=O) groups excluding carboxylic acids is 1. The van der Waals surface area contributed by atoms with E-state index in [-0.39, 0.29) is 22.8 Å². The van der Waals surface area contributed by atoms with E-state index < -0.39 is 0 Å². The second-order valence-corrected chi connectivity index (χ2v) is 7.82. The van der Waals surface area contributed by atoms with Crippen molar-refractivity contribution in [3.05, 3.63) is 35.4 Å². The van der Waals surface area contributed by atoms with E-state index in [2.05, 4.69) is 50.4 Å². The van der Waals surface area contributed by atoms with Gasteiger partial charge in [0.2, 0.25) is 5.91 Å². The predicted molar refractivity (Wildman–Crippen MR) is 89.3 cm³/mol. The van der Waals surface area contributed by atoms with Gasteiger partial charge in [0.15, 0.2) is 0 Å². The fourth-order valence-corrected chi connectivity index (χ4v) is 2.18. The molecule has 1 aromatic carbocycles. The van der Waals surface area contributed by atoms with E-state index in [4.69, 9.17) is 5.73 Å². The molecule has 0 spiro atoms. The number of amides is 1. The Bertz CT molecular complexity index is 463. The van der Waals surface area contributed by atoms with Gasteiger partial charge in [-0.25, -0.2) is 0 Å². The zero-order valence-electron chi connectivity index (χ0n) is 14.3. The van der Waals surface area contributed by atoms with Gasteiger partial charge in [0.25, 0.3) is 0 Å². The van der Waals surface area contributed by atoms with Gasteiger partial charge in [0.1, 0.15) is 0 Å². The topological polar surface area (TPSA) is 55.1 Å². The lowest BCUT2D eigenvalue weighted by atomic mass is 9.86. The third-order valence-electron chi connectivity index (χ3n) is 3.46. The second-order valence-electron chi connectivity index (χ2n) is 7.82. The van der Waals surface area contributed by atoms with Crippen molar-refractivity contribution in [3.63, 3.8) is 0 Å². The first-order valence-electron chi connectivity index (χ1n) is 7.64. The molecule has 1 amide bonds. The standard InChI is InChI=1S/C18H30N2O/c1-17(2,3)15-9-7-13(8-10-15)11-14(12-19)16(21)20-18(4,5)6/h7-10,14H,11-12,19H2,1-6H3,(H,20,21). The van der Waals surface area contributed by atoms with Crippen LogP contribution < -0.4 is 11.1 Å². The summed E-state index contributed by atoms with van der Waals surface area (Å²) in [6.07, 6.45) is 0.683. The van der Waals surface area contributed by atoms with Crippen LogP contribution in [0.25, 0.3) is 0 Å². The maximum Gasteiger partial charge on any atom is 0.225 e. The van der Waals surface area contributed by atoms with Gasteiger partial charge in [-0.2, -0.15) is 0 Å². The highest BCUT2D eigenvalue weighted by Gasteiger charge is 2.22. The summed E-state index contributed by atoms with van der Waals surface area (Å²) in [4.78, 5) is 12.2. The molecule has 0 aromatic heterocycles. The molecule has 1 atom stereocenters. The van der Waals surface area contributed by atoms with Gasteiger partial charge in [0.05, 0.1) is 5.92 Å². The number of carbonyl (C=O) groups is 1. The summed E-state index contributed by atoms with van der Waals surface area (Å²) in [5.74, 6) is -0.144. The summed E-state index contributed by atoms with van der Waals surface area (Å²) in [6.45, 7) is 12.9. The van der Waals surface area contributed by atoms with Gasteiger partial charge in [0, 0.05) is 12.1 Å². The molecule has 3 nitrogen and oxygen atoms in total. The van der Waals surface area contributed by atoms with Crippen molar-refractivity contribution in [1.82, 2.24) is 5.32 Å². The Morgan fingerprint density at radius 1 is 1.10 bits per heavy atom. The average molecular weight is 290 g/mol. The highest BCUT2D eigenvalue weighted by atomic mass is 16.2. The number of hydrogen-bond donors (Lipinski definition) is 2. The van der Waals surface area contributed by atoms with Crippen LogP contribution in [0.5, 0.6) is 0 Å². The van der Waals surface area contributed by atoms with Crippen molar-refractivity contribution in [2.75, 3.05) is 6.54 Å². The SMILES string of the molecule is CC(C)(C)NC(=O)C(CN)Cc1ccc(C(C)(C)C)cc1. The Morgan fingerprint density at radius 2 is 1.62 bits per heavy atom. The molecule has 0 heterocycles. The maximum absolute atomic E-state index is 12.2. The number of nitrogens with two attached hydrogens (primary N) is 1. The van der Waals surface area contributed by atoms with E-state index in [1.807, 2.05) is 20.8 Å². The van der Waals surface area contributed by atoms with E-state index in [1.165, 1.54) is 5.56 Å². The Morgan fingerprint density at radius 3 is 2.00 bits per heavy atom. The van der Waals surface area contributed by atoms with Crippen molar-refractivity contribution < 1.29 is 4.79 Å². The molecular weight excluding hydrogens is 260 g/mol. The summed E-state index contributed by atoms with van der Waals surface area (Å²) in [5.41, 5.74) is 8.16. The molecule has 1 aromatic rings. The highest BCUT2D eigenvalue weighted by Crippen LogP contribution is 2.23. The van der Waals surface area contributed by atoms with Crippen molar-refractivity contribution in [1.29, 1.82) is 0 Å². The van der Waals surface area contributed by atoms with E-state index in [0.29, 0.717) is 13.0 Å². The molecule has 3 N–H and O–H groups in total. The first-order valence-corrected chi connectivity index (χ1v) is 7.64. The molecular formula is C18H30N2O. The van der Waals surface area contributed by atoms with Crippen molar-refractivity contribution in [2.45, 2.75) is 58.9 Å². The van der Waals surface area contributed by atoms with E-state index in [9.17, 15) is 4.79 Å². The number of rotatable bonds is 4. The van der Waals surface area contributed by atoms with Crippen LogP contribution in [0.1, 0.15) is 52.7 Å². The minimum Gasteiger partial charge on any atom is -0.351 e. The van der Waals surface area contributed by atoms with Crippen LogP contribution in [0.3, 0.4) is 0 Å². The molecule has 0 aliphatic rings. The van der Waals surface area contributed by atoms with Gasteiger partial charge in [-0.3, -0.25) is 4.79 Å². The maximum atomic E-state index is 12.2. The lowest BCUT2D eigenvalue weighted by Gasteiger charge is -2.24. The zero-order valence-corrected chi connectivity index (χ0v) is 14.3. The Balaban J connectivity index is 2.76. The summed E-state index contributed by atoms with van der Waals surface area (Å²) in [5, 5.41) is 3.01. The van der Waals surface area contributed by atoms with Gasteiger partial charge in [-0.15, -0.1) is 0 Å². The molecule has 118 valence electrons. The lowest BCUT2D eigenvalue weighted by Crippen LogP contribution is -2.46. The Hall–Kier alpha value is -1.35. The minimum atomic E-state index is -0.222. The highest BCUT2D eigenvalue weighted by molar-refractivity contribution is 5.79. The van der Waals surface area contributed by atoms with Crippen LogP contribution in [0.4, 0.5) is 0 Å². The van der Waals surface area contributed by atoms with Crippen LogP contribution in [0, 0.1) is 5.92 Å². The molecule has 21 heavy (non-hydrogen) atoms. The fourth-order valence-electron chi connectivity index (χ4n) is 2.18. The second kappa shape index (κ2) is 6.61. The van der Waals surface area contributed by atoms with Crippen LogP contribution >= 0.6 is 0 Å². The van der Waals surface area contributed by atoms with Gasteiger partial charge < -0.3 is 11.1 Å². The molecule has 0 aliphatic heterocycles. The Labute approximate surface area is 129 Å². The average Bonchev–Trinajstić information content (AvgIpc) is 2.33. The molecule has 3 heteroatoms. The number of nitrogens with one attached hydrogen (secondary N) is 1. The fraction of sp³-hybridized carbons (Fsp3) is 0.611. The van der Waals surface area contributed by atoms with Gasteiger partial charge >= 0.3 is 0 Å². The molecule has 0 saturated carbocycles. The smallest absolute Gasteiger partial charge is 0.225 e. The van der Waals surface area contributed by atoms with E-state index in [1.54, 1.807) is 0 Å². The molecule has 0 saturated heterocycles. The molecule has 0 radical (unpaired) electrons. The summed E-state index contributed by atoms with van der Waals surface area (Å²) in [6, 6.07) is 8.50. The van der Waals surface area contributed by atoms with Crippen molar-refractivity contribution in [3.8, 4) is 0 Å². The molecule has 1 rings (SSSR count). The van der Waals surface area contributed by atoms with E-state index in [0.717, 1.165) is 5.56 Å². The van der Waals surface area contributed by atoms with Gasteiger partial charge in [-0.1, -0.05) is 45.0 Å². The summed E-state index contributed by atoms with van der Waals surface area (Å²) < 4.78 is 0. The third kappa shape index (κ3) is 5.88. The van der Waals surface area contributed by atoms with Crippen LogP contribution in [-0.4, -0.2) is 18.0 Å². The van der Waals surface area contributed by atoms with Crippen molar-refractivity contribution in [2.24, 2.45) is 11.7 Å². The predicted octanol–water partition coefficient (Wildman–Crippen LogP) is 3.02. The van der Waals surface area contributed by atoms with Crippen molar-refractivity contribution >= 4 is 5.91 Å². The largest absolute Gasteiger partial charge is 0.351 e.